The van der Waals surface area contributed by atoms with E-state index in [2.05, 4.69) is 5.32 Å². The highest BCUT2D eigenvalue weighted by atomic mass is 32.2. The molecule has 0 heterocycles. The Morgan fingerprint density at radius 1 is 1.59 bits per heavy atom. The molecule has 0 aliphatic heterocycles. The minimum atomic E-state index is -0.490. The zero-order valence-electron chi connectivity index (χ0n) is 9.77. The Bertz CT molecular complexity index is 401. The van der Waals surface area contributed by atoms with Crippen LogP contribution in [0.5, 0.6) is 0 Å². The Balaban J connectivity index is 2.75. The lowest BCUT2D eigenvalue weighted by atomic mass is 10.1. The molecule has 0 radical (unpaired) electrons. The van der Waals surface area contributed by atoms with Gasteiger partial charge in [0.05, 0.1) is 4.92 Å². The molecule has 4 nitrogen and oxygen atoms in total. The van der Waals surface area contributed by atoms with Crippen molar-refractivity contribution in [3.05, 3.63) is 39.7 Å². The van der Waals surface area contributed by atoms with Gasteiger partial charge in [-0.3, -0.25) is 10.1 Å². The highest BCUT2D eigenvalue weighted by Crippen LogP contribution is 2.19. The van der Waals surface area contributed by atoms with Crippen molar-refractivity contribution in [1.29, 1.82) is 0 Å². The van der Waals surface area contributed by atoms with Crippen LogP contribution in [0, 0.1) is 15.9 Å². The maximum absolute atomic E-state index is 13.0. The summed E-state index contributed by atoms with van der Waals surface area (Å²) in [5.74, 6) is 0.452. The smallest absolute Gasteiger partial charge is 0.274 e. The standard InChI is InChI=1S/C11H15FN2O2S/c1-8(7-17-2)13-6-9-5-10(12)3-4-11(9)14(15)16/h3-5,8,13H,6-7H2,1-2H3. The Kier molecular flexibility index (Phi) is 5.37. The van der Waals surface area contributed by atoms with E-state index in [0.29, 0.717) is 12.1 Å². The molecule has 1 rings (SSSR count). The van der Waals surface area contributed by atoms with E-state index in [-0.39, 0.29) is 11.7 Å². The van der Waals surface area contributed by atoms with E-state index < -0.39 is 10.7 Å². The fourth-order valence-corrected chi connectivity index (χ4v) is 2.08. The number of nitro benzene ring substituents is 1. The van der Waals surface area contributed by atoms with E-state index >= 15 is 0 Å². The summed E-state index contributed by atoms with van der Waals surface area (Å²) in [7, 11) is 0. The SMILES string of the molecule is CSCC(C)NCc1cc(F)ccc1[N+](=O)[O-]. The molecule has 0 saturated carbocycles. The van der Waals surface area contributed by atoms with Crippen LogP contribution in [0.1, 0.15) is 12.5 Å². The third kappa shape index (κ3) is 4.32. The second kappa shape index (κ2) is 6.56. The van der Waals surface area contributed by atoms with Gasteiger partial charge in [0.15, 0.2) is 0 Å². The molecule has 1 aromatic rings. The molecule has 0 aliphatic rings. The van der Waals surface area contributed by atoms with E-state index in [4.69, 9.17) is 0 Å². The normalized spacial score (nSPS) is 12.4. The van der Waals surface area contributed by atoms with Gasteiger partial charge in [-0.1, -0.05) is 0 Å². The molecule has 0 spiro atoms. The number of thioether (sulfide) groups is 1. The summed E-state index contributed by atoms with van der Waals surface area (Å²) in [5.41, 5.74) is 0.332. The van der Waals surface area contributed by atoms with Crippen molar-refractivity contribution >= 4 is 17.4 Å². The minimum Gasteiger partial charge on any atom is -0.309 e. The maximum atomic E-state index is 13.0. The molecule has 94 valence electrons. The Morgan fingerprint density at radius 3 is 2.88 bits per heavy atom. The van der Waals surface area contributed by atoms with Gasteiger partial charge in [0.2, 0.25) is 0 Å². The Hall–Kier alpha value is -1.14. The lowest BCUT2D eigenvalue weighted by Gasteiger charge is -2.12. The lowest BCUT2D eigenvalue weighted by Crippen LogP contribution is -2.27. The Labute approximate surface area is 104 Å². The Morgan fingerprint density at radius 2 is 2.29 bits per heavy atom. The van der Waals surface area contributed by atoms with Crippen LogP contribution in [0.4, 0.5) is 10.1 Å². The summed E-state index contributed by atoms with van der Waals surface area (Å²) >= 11 is 1.69. The fraction of sp³-hybridized carbons (Fsp3) is 0.455. The summed E-state index contributed by atoms with van der Waals surface area (Å²) in [5, 5.41) is 13.9. The van der Waals surface area contributed by atoms with Crippen molar-refractivity contribution in [2.24, 2.45) is 0 Å². The van der Waals surface area contributed by atoms with Crippen molar-refractivity contribution in [3.8, 4) is 0 Å². The molecule has 0 fully saturated rings. The van der Waals surface area contributed by atoms with E-state index in [0.717, 1.165) is 11.8 Å². The molecule has 1 N–H and O–H groups in total. The van der Waals surface area contributed by atoms with Crippen LogP contribution in [0.3, 0.4) is 0 Å². The molecule has 1 aromatic carbocycles. The van der Waals surface area contributed by atoms with Gasteiger partial charge in [0.1, 0.15) is 5.82 Å². The summed E-state index contributed by atoms with van der Waals surface area (Å²) in [4.78, 5) is 10.3. The third-order valence-corrected chi connectivity index (χ3v) is 3.13. The van der Waals surface area contributed by atoms with Gasteiger partial charge in [-0.15, -0.1) is 0 Å². The summed E-state index contributed by atoms with van der Waals surface area (Å²) in [6.07, 6.45) is 1.99. The van der Waals surface area contributed by atoms with Crippen LogP contribution in [-0.4, -0.2) is 23.0 Å². The van der Waals surface area contributed by atoms with Gasteiger partial charge in [0.25, 0.3) is 5.69 Å². The molecule has 0 bridgehead atoms. The van der Waals surface area contributed by atoms with Crippen molar-refractivity contribution in [2.45, 2.75) is 19.5 Å². The van der Waals surface area contributed by atoms with Crippen LogP contribution in [0.25, 0.3) is 0 Å². The van der Waals surface area contributed by atoms with Gasteiger partial charge in [-0.05, 0) is 25.3 Å². The number of benzene rings is 1. The van der Waals surface area contributed by atoms with Crippen LogP contribution in [-0.2, 0) is 6.54 Å². The summed E-state index contributed by atoms with van der Waals surface area (Å²) in [6.45, 7) is 2.29. The number of hydrogen-bond donors (Lipinski definition) is 1. The average molecular weight is 258 g/mol. The number of nitrogens with zero attached hydrogens (tertiary/aromatic N) is 1. The molecule has 1 unspecified atom stereocenters. The molecule has 0 aliphatic carbocycles. The average Bonchev–Trinajstić information content (AvgIpc) is 2.26. The van der Waals surface area contributed by atoms with Crippen LogP contribution in [0.15, 0.2) is 18.2 Å². The quantitative estimate of drug-likeness (QED) is 0.629. The van der Waals surface area contributed by atoms with Crippen molar-refractivity contribution in [2.75, 3.05) is 12.0 Å². The molecular formula is C11H15FN2O2S. The summed E-state index contributed by atoms with van der Waals surface area (Å²) in [6, 6.07) is 3.74. The lowest BCUT2D eigenvalue weighted by molar-refractivity contribution is -0.385. The van der Waals surface area contributed by atoms with Gasteiger partial charge >= 0.3 is 0 Å². The number of nitrogens with one attached hydrogen (secondary N) is 1. The molecule has 0 aromatic heterocycles. The first-order valence-corrected chi connectivity index (χ1v) is 6.59. The van der Waals surface area contributed by atoms with Crippen LogP contribution < -0.4 is 5.32 Å². The molecule has 0 saturated heterocycles. The predicted octanol–water partition coefficient (Wildman–Crippen LogP) is 2.58. The fourth-order valence-electron chi connectivity index (χ4n) is 1.47. The number of hydrogen-bond acceptors (Lipinski definition) is 4. The van der Waals surface area contributed by atoms with E-state index in [9.17, 15) is 14.5 Å². The first-order chi connectivity index (χ1) is 8.04. The van der Waals surface area contributed by atoms with E-state index in [1.165, 1.54) is 12.1 Å². The first kappa shape index (κ1) is 13.9. The maximum Gasteiger partial charge on any atom is 0.274 e. The van der Waals surface area contributed by atoms with E-state index in [1.807, 2.05) is 13.2 Å². The predicted molar refractivity (Wildman–Crippen MR) is 67.7 cm³/mol. The molecular weight excluding hydrogens is 243 g/mol. The second-order valence-corrected chi connectivity index (χ2v) is 4.68. The van der Waals surface area contributed by atoms with Gasteiger partial charge < -0.3 is 5.32 Å². The van der Waals surface area contributed by atoms with Gasteiger partial charge in [-0.2, -0.15) is 11.8 Å². The highest BCUT2D eigenvalue weighted by Gasteiger charge is 2.14. The minimum absolute atomic E-state index is 0.0461. The van der Waals surface area contributed by atoms with Crippen molar-refractivity contribution < 1.29 is 9.31 Å². The molecule has 17 heavy (non-hydrogen) atoms. The topological polar surface area (TPSA) is 55.2 Å². The highest BCUT2D eigenvalue weighted by molar-refractivity contribution is 7.98. The summed E-state index contributed by atoms with van der Waals surface area (Å²) < 4.78 is 13.0. The number of nitro groups is 1. The largest absolute Gasteiger partial charge is 0.309 e. The van der Waals surface area contributed by atoms with Crippen molar-refractivity contribution in [3.63, 3.8) is 0 Å². The van der Waals surface area contributed by atoms with E-state index in [1.54, 1.807) is 11.8 Å². The second-order valence-electron chi connectivity index (χ2n) is 3.77. The molecule has 0 amide bonds. The zero-order chi connectivity index (χ0) is 12.8. The monoisotopic (exact) mass is 258 g/mol. The third-order valence-electron chi connectivity index (χ3n) is 2.30. The van der Waals surface area contributed by atoms with Gasteiger partial charge in [-0.25, -0.2) is 4.39 Å². The molecule has 6 heteroatoms. The first-order valence-electron chi connectivity index (χ1n) is 5.19. The van der Waals surface area contributed by atoms with Crippen LogP contribution in [0.2, 0.25) is 0 Å². The van der Waals surface area contributed by atoms with Crippen LogP contribution >= 0.6 is 11.8 Å². The van der Waals surface area contributed by atoms with Crippen molar-refractivity contribution in [1.82, 2.24) is 5.32 Å². The number of halogens is 1. The zero-order valence-corrected chi connectivity index (χ0v) is 10.6. The molecule has 1 atom stereocenters. The number of rotatable bonds is 6. The van der Waals surface area contributed by atoms with Gasteiger partial charge in [0, 0.05) is 30.0 Å².